The molecule has 17 heavy (non-hydrogen) atoms. The molecule has 0 saturated carbocycles. The van der Waals surface area contributed by atoms with Gasteiger partial charge in [-0.05, 0) is 34.5 Å². The highest BCUT2D eigenvalue weighted by molar-refractivity contribution is 9.10. The topological polar surface area (TPSA) is 66.5 Å². The average Bonchev–Trinajstić information content (AvgIpc) is 2.20. The number of alkyl halides is 3. The number of aliphatic hydroxyl groups excluding tert-OH is 1. The van der Waals surface area contributed by atoms with Crippen LogP contribution in [0.1, 0.15) is 23.6 Å². The summed E-state index contributed by atoms with van der Waals surface area (Å²) in [4.78, 5) is 0. The fourth-order valence-electron chi connectivity index (χ4n) is 1.49. The van der Waals surface area contributed by atoms with Crippen LogP contribution in [0.2, 0.25) is 0 Å². The first kappa shape index (κ1) is 14.3. The third-order valence-electron chi connectivity index (χ3n) is 2.28. The Kier molecular flexibility index (Phi) is 4.40. The highest BCUT2D eigenvalue weighted by Gasteiger charge is 2.36. The van der Waals surface area contributed by atoms with Crippen LogP contribution in [0.3, 0.4) is 0 Å². The minimum atomic E-state index is -4.60. The summed E-state index contributed by atoms with van der Waals surface area (Å²) in [6, 6.07) is 0.873. The molecule has 0 radical (unpaired) electrons. The molecule has 0 heterocycles. The SMILES string of the molecule is N[C@H](CCO)c1c(C(F)(F)F)ccc(Br)c1O. The molecule has 1 aromatic carbocycles. The second-order valence-electron chi connectivity index (χ2n) is 3.47. The lowest BCUT2D eigenvalue weighted by atomic mass is 9.97. The van der Waals surface area contributed by atoms with Gasteiger partial charge < -0.3 is 15.9 Å². The zero-order chi connectivity index (χ0) is 13.2. The molecule has 0 amide bonds. The van der Waals surface area contributed by atoms with E-state index in [-0.39, 0.29) is 17.5 Å². The summed E-state index contributed by atoms with van der Waals surface area (Å²) in [5.41, 5.74) is 4.14. The predicted octanol–water partition coefficient (Wildman–Crippen LogP) is 2.56. The van der Waals surface area contributed by atoms with Gasteiger partial charge in [-0.3, -0.25) is 0 Å². The summed E-state index contributed by atoms with van der Waals surface area (Å²) in [6.45, 7) is -0.357. The van der Waals surface area contributed by atoms with E-state index in [1.165, 1.54) is 0 Å². The van der Waals surface area contributed by atoms with E-state index in [0.29, 0.717) is 0 Å². The lowest BCUT2D eigenvalue weighted by Crippen LogP contribution is -2.18. The Morgan fingerprint density at radius 3 is 2.41 bits per heavy atom. The van der Waals surface area contributed by atoms with E-state index >= 15 is 0 Å². The third kappa shape index (κ3) is 3.11. The molecule has 0 spiro atoms. The van der Waals surface area contributed by atoms with E-state index < -0.39 is 29.1 Å². The van der Waals surface area contributed by atoms with Crippen molar-refractivity contribution in [2.24, 2.45) is 5.73 Å². The molecule has 7 heteroatoms. The number of aliphatic hydroxyl groups is 1. The van der Waals surface area contributed by atoms with Crippen LogP contribution in [0.4, 0.5) is 13.2 Å². The summed E-state index contributed by atoms with van der Waals surface area (Å²) in [6.07, 6.45) is -4.66. The van der Waals surface area contributed by atoms with E-state index in [1.54, 1.807) is 0 Å². The fraction of sp³-hybridized carbons (Fsp3) is 0.400. The maximum atomic E-state index is 12.7. The van der Waals surface area contributed by atoms with E-state index in [1.807, 2.05) is 0 Å². The van der Waals surface area contributed by atoms with Crippen molar-refractivity contribution in [1.82, 2.24) is 0 Å². The van der Waals surface area contributed by atoms with Crippen LogP contribution in [-0.4, -0.2) is 16.8 Å². The molecule has 0 bridgehead atoms. The van der Waals surface area contributed by atoms with Crippen LogP contribution in [0.25, 0.3) is 0 Å². The van der Waals surface area contributed by atoms with Crippen LogP contribution in [-0.2, 0) is 6.18 Å². The Labute approximate surface area is 104 Å². The standard InChI is InChI=1S/C10H11BrF3NO2/c11-6-2-1-5(10(12,13)14)8(9(6)17)7(15)3-4-16/h1-2,7,16-17H,3-4,15H2/t7-/m1/s1. The van der Waals surface area contributed by atoms with Gasteiger partial charge >= 0.3 is 6.18 Å². The molecule has 1 atom stereocenters. The molecule has 96 valence electrons. The molecule has 0 saturated heterocycles. The molecule has 0 fully saturated rings. The van der Waals surface area contributed by atoms with E-state index in [9.17, 15) is 18.3 Å². The third-order valence-corrected chi connectivity index (χ3v) is 2.92. The van der Waals surface area contributed by atoms with Crippen molar-refractivity contribution in [2.45, 2.75) is 18.6 Å². The highest BCUT2D eigenvalue weighted by atomic mass is 79.9. The zero-order valence-corrected chi connectivity index (χ0v) is 10.2. The maximum absolute atomic E-state index is 12.7. The summed E-state index contributed by atoms with van der Waals surface area (Å²) >= 11 is 2.93. The number of halogens is 4. The van der Waals surface area contributed by atoms with Crippen LogP contribution < -0.4 is 5.73 Å². The van der Waals surface area contributed by atoms with Gasteiger partial charge in [-0.15, -0.1) is 0 Å². The van der Waals surface area contributed by atoms with Gasteiger partial charge in [0.05, 0.1) is 10.0 Å². The Morgan fingerprint density at radius 1 is 1.35 bits per heavy atom. The molecule has 0 aromatic heterocycles. The van der Waals surface area contributed by atoms with Crippen LogP contribution >= 0.6 is 15.9 Å². The Hall–Kier alpha value is -0.790. The van der Waals surface area contributed by atoms with Crippen molar-refractivity contribution >= 4 is 15.9 Å². The summed E-state index contributed by atoms with van der Waals surface area (Å²) in [5, 5.41) is 18.3. The molecular weight excluding hydrogens is 303 g/mol. The first-order valence-corrected chi connectivity index (χ1v) is 5.53. The number of hydrogen-bond donors (Lipinski definition) is 3. The van der Waals surface area contributed by atoms with Gasteiger partial charge in [0.25, 0.3) is 0 Å². The van der Waals surface area contributed by atoms with Gasteiger partial charge in [0, 0.05) is 18.2 Å². The first-order chi connectivity index (χ1) is 7.79. The lowest BCUT2D eigenvalue weighted by molar-refractivity contribution is -0.138. The number of phenolic OH excluding ortho intramolecular Hbond substituents is 1. The highest BCUT2D eigenvalue weighted by Crippen LogP contribution is 2.42. The van der Waals surface area contributed by atoms with Crippen molar-refractivity contribution in [3.05, 3.63) is 27.7 Å². The number of aromatic hydroxyl groups is 1. The Bertz CT molecular complexity index is 409. The molecule has 0 aliphatic rings. The van der Waals surface area contributed by atoms with Crippen molar-refractivity contribution in [3.63, 3.8) is 0 Å². The second kappa shape index (κ2) is 5.24. The largest absolute Gasteiger partial charge is 0.506 e. The number of hydrogen-bond acceptors (Lipinski definition) is 3. The first-order valence-electron chi connectivity index (χ1n) is 4.74. The summed E-state index contributed by atoms with van der Waals surface area (Å²) in [5.74, 6) is -0.541. The molecule has 3 nitrogen and oxygen atoms in total. The smallest absolute Gasteiger partial charge is 0.416 e. The maximum Gasteiger partial charge on any atom is 0.416 e. The normalized spacial score (nSPS) is 13.8. The number of rotatable bonds is 3. The molecule has 1 rings (SSSR count). The van der Waals surface area contributed by atoms with Gasteiger partial charge in [0.1, 0.15) is 5.75 Å². The molecule has 4 N–H and O–H groups in total. The van der Waals surface area contributed by atoms with Crippen molar-refractivity contribution in [2.75, 3.05) is 6.61 Å². The number of phenols is 1. The van der Waals surface area contributed by atoms with Gasteiger partial charge in [0.2, 0.25) is 0 Å². The molecule has 0 unspecified atom stereocenters. The molecule has 0 aliphatic heterocycles. The van der Waals surface area contributed by atoms with Crippen LogP contribution in [0.15, 0.2) is 16.6 Å². The van der Waals surface area contributed by atoms with E-state index in [4.69, 9.17) is 10.8 Å². The number of nitrogens with two attached hydrogens (primary N) is 1. The van der Waals surface area contributed by atoms with Crippen LogP contribution in [0, 0.1) is 0 Å². The minimum absolute atomic E-state index is 0.0624. The molecular formula is C10H11BrF3NO2. The van der Waals surface area contributed by atoms with Gasteiger partial charge in [-0.1, -0.05) is 0 Å². The van der Waals surface area contributed by atoms with Gasteiger partial charge in [-0.2, -0.15) is 13.2 Å². The van der Waals surface area contributed by atoms with Gasteiger partial charge in [-0.25, -0.2) is 0 Å². The predicted molar refractivity (Wildman–Crippen MR) is 59.4 cm³/mol. The quantitative estimate of drug-likeness (QED) is 0.803. The second-order valence-corrected chi connectivity index (χ2v) is 4.33. The summed E-state index contributed by atoms with van der Waals surface area (Å²) in [7, 11) is 0. The van der Waals surface area contributed by atoms with E-state index in [2.05, 4.69) is 15.9 Å². The fourth-order valence-corrected chi connectivity index (χ4v) is 1.83. The molecule has 1 aromatic rings. The zero-order valence-electron chi connectivity index (χ0n) is 8.63. The minimum Gasteiger partial charge on any atom is -0.506 e. The van der Waals surface area contributed by atoms with Crippen molar-refractivity contribution < 1.29 is 23.4 Å². The van der Waals surface area contributed by atoms with E-state index in [0.717, 1.165) is 12.1 Å². The summed E-state index contributed by atoms with van der Waals surface area (Å²) < 4.78 is 38.3. The number of benzene rings is 1. The Morgan fingerprint density at radius 2 is 1.94 bits per heavy atom. The lowest BCUT2D eigenvalue weighted by Gasteiger charge is -2.19. The molecule has 0 aliphatic carbocycles. The average molecular weight is 314 g/mol. The monoisotopic (exact) mass is 313 g/mol. The van der Waals surface area contributed by atoms with Crippen molar-refractivity contribution in [1.29, 1.82) is 0 Å². The van der Waals surface area contributed by atoms with Crippen LogP contribution in [0.5, 0.6) is 5.75 Å². The van der Waals surface area contributed by atoms with Gasteiger partial charge in [0.15, 0.2) is 0 Å². The van der Waals surface area contributed by atoms with Crippen molar-refractivity contribution in [3.8, 4) is 5.75 Å². The Balaban J connectivity index is 3.36.